The highest BCUT2D eigenvalue weighted by molar-refractivity contribution is 7.87. The van der Waals surface area contributed by atoms with Gasteiger partial charge in [0, 0.05) is 0 Å². The molecule has 0 saturated carbocycles. The number of hydrogen-bond donors (Lipinski definition) is 1. The molecule has 10 heteroatoms. The van der Waals surface area contributed by atoms with Crippen molar-refractivity contribution in [3.05, 3.63) is 60.2 Å². The maximum absolute atomic E-state index is 12.1. The van der Waals surface area contributed by atoms with Crippen LogP contribution in [0.15, 0.2) is 59.5 Å². The average Bonchev–Trinajstić information content (AvgIpc) is 2.55. The van der Waals surface area contributed by atoms with Gasteiger partial charge in [-0.1, -0.05) is 18.2 Å². The van der Waals surface area contributed by atoms with Gasteiger partial charge >= 0.3 is 16.1 Å². The number of benzene rings is 2. The third kappa shape index (κ3) is 5.85. The Morgan fingerprint density at radius 3 is 2.08 bits per heavy atom. The first-order valence-corrected chi connectivity index (χ1v) is 9.91. The summed E-state index contributed by atoms with van der Waals surface area (Å²) in [5.41, 5.74) is 0.0693. The minimum atomic E-state index is -4.22. The third-order valence-corrected chi connectivity index (χ3v) is 4.85. The average molecular weight is 386 g/mol. The largest absolute Gasteiger partial charge is 0.461 e. The van der Waals surface area contributed by atoms with Crippen molar-refractivity contribution in [1.82, 2.24) is 0 Å². The normalized spacial score (nSPS) is 11.7. The molecule has 134 valence electrons. The molecular weight excluding hydrogens is 372 g/mol. The van der Waals surface area contributed by atoms with E-state index in [1.165, 1.54) is 36.4 Å². The van der Waals surface area contributed by atoms with Gasteiger partial charge in [0.05, 0.1) is 5.56 Å². The second-order valence-electron chi connectivity index (χ2n) is 4.80. The molecule has 0 spiro atoms. The molecule has 0 heterocycles. The van der Waals surface area contributed by atoms with Crippen molar-refractivity contribution in [2.75, 3.05) is 12.4 Å². The predicted octanol–water partition coefficient (Wildman–Crippen LogP) is 1.50. The lowest BCUT2D eigenvalue weighted by atomic mass is 10.2. The predicted molar refractivity (Wildman–Crippen MR) is 87.4 cm³/mol. The first-order chi connectivity index (χ1) is 11.7. The molecule has 2 rings (SSSR count). The summed E-state index contributed by atoms with van der Waals surface area (Å²) in [5, 5.41) is 0. The van der Waals surface area contributed by atoms with Gasteiger partial charge in [0.1, 0.15) is 23.0 Å². The van der Waals surface area contributed by atoms with Crippen molar-refractivity contribution in [3.8, 4) is 5.75 Å². The molecule has 0 aromatic heterocycles. The highest BCUT2D eigenvalue weighted by atomic mass is 32.2. The number of ether oxygens (including phenoxy) is 1. The molecular formula is C15H14O8S2. The smallest absolute Gasteiger partial charge is 0.339 e. The van der Waals surface area contributed by atoms with E-state index in [9.17, 15) is 21.6 Å². The number of carbonyl (C=O) groups is 1. The molecule has 0 aliphatic rings. The molecule has 0 saturated heterocycles. The molecule has 0 unspecified atom stereocenters. The minimum Gasteiger partial charge on any atom is -0.461 e. The minimum absolute atomic E-state index is 0.00154. The third-order valence-electron chi connectivity index (χ3n) is 2.90. The molecule has 0 fully saturated rings. The summed E-state index contributed by atoms with van der Waals surface area (Å²) in [6.07, 6.45) is 0. The van der Waals surface area contributed by atoms with Crippen LogP contribution in [0.25, 0.3) is 0 Å². The Kier molecular flexibility index (Phi) is 5.77. The van der Waals surface area contributed by atoms with Gasteiger partial charge in [-0.3, -0.25) is 4.55 Å². The van der Waals surface area contributed by atoms with Gasteiger partial charge < -0.3 is 8.92 Å². The maximum atomic E-state index is 12.1. The van der Waals surface area contributed by atoms with E-state index in [1.807, 2.05) is 0 Å². The van der Waals surface area contributed by atoms with Crippen molar-refractivity contribution >= 4 is 26.2 Å². The molecule has 2 aromatic rings. The van der Waals surface area contributed by atoms with Crippen LogP contribution in [0.1, 0.15) is 10.4 Å². The summed E-state index contributed by atoms with van der Waals surface area (Å²) in [7, 11) is -8.21. The Bertz CT molecular complexity index is 933. The van der Waals surface area contributed by atoms with Gasteiger partial charge in [0.15, 0.2) is 0 Å². The Morgan fingerprint density at radius 2 is 1.52 bits per heavy atom. The Labute approximate surface area is 144 Å². The summed E-state index contributed by atoms with van der Waals surface area (Å²) < 4.78 is 63.4. The number of carbonyl (C=O) groups excluding carboxylic acids is 1. The quantitative estimate of drug-likeness (QED) is 0.431. The zero-order valence-electron chi connectivity index (χ0n) is 12.7. The Hall–Kier alpha value is -2.43. The molecule has 2 aromatic carbocycles. The van der Waals surface area contributed by atoms with Gasteiger partial charge in [0.25, 0.3) is 10.1 Å². The van der Waals surface area contributed by atoms with Crippen molar-refractivity contribution < 1.29 is 35.1 Å². The maximum Gasteiger partial charge on any atom is 0.339 e. The fourth-order valence-electron chi connectivity index (χ4n) is 1.73. The summed E-state index contributed by atoms with van der Waals surface area (Å²) in [6.45, 7) is -0.502. The molecule has 0 aliphatic heterocycles. The second kappa shape index (κ2) is 7.64. The van der Waals surface area contributed by atoms with Crippen molar-refractivity contribution in [2.24, 2.45) is 0 Å². The fraction of sp³-hybridized carbons (Fsp3) is 0.133. The number of esters is 1. The Balaban J connectivity index is 2.01. The van der Waals surface area contributed by atoms with E-state index >= 15 is 0 Å². The zero-order valence-corrected chi connectivity index (χ0v) is 14.4. The fourth-order valence-corrected chi connectivity index (χ4v) is 2.98. The van der Waals surface area contributed by atoms with Crippen LogP contribution in [0.4, 0.5) is 0 Å². The van der Waals surface area contributed by atoms with Crippen molar-refractivity contribution in [1.29, 1.82) is 0 Å². The van der Waals surface area contributed by atoms with Crippen molar-refractivity contribution in [3.63, 3.8) is 0 Å². The highest BCUT2D eigenvalue weighted by Crippen LogP contribution is 2.19. The molecule has 0 amide bonds. The van der Waals surface area contributed by atoms with Crippen LogP contribution in [-0.4, -0.2) is 39.7 Å². The monoisotopic (exact) mass is 386 g/mol. The number of rotatable bonds is 7. The molecule has 1 N–H and O–H groups in total. The number of hydrogen-bond acceptors (Lipinski definition) is 7. The summed E-state index contributed by atoms with van der Waals surface area (Å²) in [4.78, 5) is 11.7. The van der Waals surface area contributed by atoms with Crippen LogP contribution < -0.4 is 4.18 Å². The van der Waals surface area contributed by atoms with Gasteiger partial charge in [0.2, 0.25) is 0 Å². The van der Waals surface area contributed by atoms with E-state index < -0.39 is 38.6 Å². The Morgan fingerprint density at radius 1 is 0.920 bits per heavy atom. The lowest BCUT2D eigenvalue weighted by molar-refractivity contribution is 0.0528. The molecule has 0 atom stereocenters. The van der Waals surface area contributed by atoms with Gasteiger partial charge in [-0.25, -0.2) is 4.79 Å². The van der Waals surface area contributed by atoms with E-state index in [2.05, 4.69) is 4.74 Å². The van der Waals surface area contributed by atoms with Crippen LogP contribution in [0.5, 0.6) is 5.75 Å². The van der Waals surface area contributed by atoms with E-state index in [0.717, 1.165) is 0 Å². The topological polar surface area (TPSA) is 124 Å². The highest BCUT2D eigenvalue weighted by Gasteiger charge is 2.16. The lowest BCUT2D eigenvalue weighted by Crippen LogP contribution is -2.14. The van der Waals surface area contributed by atoms with Gasteiger partial charge in [-0.05, 0) is 36.4 Å². The van der Waals surface area contributed by atoms with E-state index in [0.29, 0.717) is 0 Å². The molecule has 8 nitrogen and oxygen atoms in total. The van der Waals surface area contributed by atoms with Crippen LogP contribution in [0, 0.1) is 0 Å². The van der Waals surface area contributed by atoms with Gasteiger partial charge in [-0.15, -0.1) is 0 Å². The zero-order chi connectivity index (χ0) is 18.5. The SMILES string of the molecule is O=C(OCCS(=O)(=O)O)c1ccc(OS(=O)(=O)c2ccccc2)cc1. The second-order valence-corrected chi connectivity index (χ2v) is 7.92. The summed E-state index contributed by atoms with van der Waals surface area (Å²) >= 11 is 0. The first-order valence-electron chi connectivity index (χ1n) is 6.89. The van der Waals surface area contributed by atoms with E-state index in [4.69, 9.17) is 8.74 Å². The van der Waals surface area contributed by atoms with Crippen LogP contribution in [-0.2, 0) is 25.0 Å². The van der Waals surface area contributed by atoms with E-state index in [1.54, 1.807) is 18.2 Å². The molecule has 0 aliphatic carbocycles. The van der Waals surface area contributed by atoms with Crippen LogP contribution in [0.3, 0.4) is 0 Å². The summed E-state index contributed by atoms with van der Waals surface area (Å²) in [5.74, 6) is -1.53. The van der Waals surface area contributed by atoms with Gasteiger partial charge in [-0.2, -0.15) is 16.8 Å². The van der Waals surface area contributed by atoms with Crippen LogP contribution >= 0.6 is 0 Å². The first kappa shape index (κ1) is 18.9. The molecule has 25 heavy (non-hydrogen) atoms. The lowest BCUT2D eigenvalue weighted by Gasteiger charge is -2.08. The van der Waals surface area contributed by atoms with Crippen LogP contribution in [0.2, 0.25) is 0 Å². The molecule has 0 bridgehead atoms. The molecule has 0 radical (unpaired) electrons. The summed E-state index contributed by atoms with van der Waals surface area (Å²) in [6, 6.07) is 12.6. The van der Waals surface area contributed by atoms with E-state index in [-0.39, 0.29) is 16.2 Å². The standard InChI is InChI=1S/C15H14O8S2/c16-15(22-10-11-24(17,18)19)12-6-8-13(9-7-12)23-25(20,21)14-4-2-1-3-5-14/h1-9H,10-11H2,(H,17,18,19). The van der Waals surface area contributed by atoms with Crippen molar-refractivity contribution in [2.45, 2.75) is 4.90 Å².